The highest BCUT2D eigenvalue weighted by Crippen LogP contribution is 2.45. The van der Waals surface area contributed by atoms with E-state index in [1.54, 1.807) is 24.5 Å². The van der Waals surface area contributed by atoms with E-state index >= 15 is 0 Å². The SMILES string of the molecule is CCCCOC(=O)/C=C/c1ccc2nc(C3(NC(=O)c4ccc5c(C6CCCC6)c(-c6ncc(Br)cn6)n(O)c5c4)CCC3)n(C)c2c1. The number of hydrogen-bond acceptors (Lipinski definition) is 7. The summed E-state index contributed by atoms with van der Waals surface area (Å²) >= 11 is 3.41. The maximum atomic E-state index is 13.9. The van der Waals surface area contributed by atoms with Crippen molar-refractivity contribution >= 4 is 55.8 Å². The van der Waals surface area contributed by atoms with Gasteiger partial charge in [0.2, 0.25) is 0 Å². The highest BCUT2D eigenvalue weighted by Gasteiger charge is 2.44. The van der Waals surface area contributed by atoms with E-state index in [2.05, 4.69) is 38.1 Å². The van der Waals surface area contributed by atoms with Gasteiger partial charge in [-0.05, 0) is 102 Å². The van der Waals surface area contributed by atoms with Crippen molar-refractivity contribution in [3.63, 3.8) is 0 Å². The third kappa shape index (κ3) is 5.89. The van der Waals surface area contributed by atoms with Crippen molar-refractivity contribution in [2.45, 2.75) is 76.2 Å². The zero-order valence-corrected chi connectivity index (χ0v) is 28.8. The molecule has 0 spiro atoms. The number of halogens is 1. The van der Waals surface area contributed by atoms with Crippen LogP contribution in [-0.2, 0) is 22.1 Å². The predicted molar refractivity (Wildman–Crippen MR) is 188 cm³/mol. The molecule has 2 N–H and O–H groups in total. The van der Waals surface area contributed by atoms with Gasteiger partial charge < -0.3 is 19.8 Å². The van der Waals surface area contributed by atoms with Gasteiger partial charge in [-0.2, -0.15) is 4.73 Å². The molecule has 0 bridgehead atoms. The first-order valence-electron chi connectivity index (χ1n) is 16.8. The number of amides is 1. The molecule has 0 atom stereocenters. The first kappa shape index (κ1) is 32.1. The molecule has 2 fully saturated rings. The van der Waals surface area contributed by atoms with Gasteiger partial charge in [0.05, 0.1) is 33.2 Å². The zero-order chi connectivity index (χ0) is 33.4. The fourth-order valence-electron chi connectivity index (χ4n) is 7.21. The third-order valence-corrected chi connectivity index (χ3v) is 10.3. The molecule has 11 heteroatoms. The summed E-state index contributed by atoms with van der Waals surface area (Å²) in [6, 6.07) is 11.4. The lowest BCUT2D eigenvalue weighted by Gasteiger charge is -2.41. The van der Waals surface area contributed by atoms with Crippen molar-refractivity contribution in [3.8, 4) is 11.5 Å². The van der Waals surface area contributed by atoms with Crippen LogP contribution < -0.4 is 5.32 Å². The van der Waals surface area contributed by atoms with Gasteiger partial charge in [0.1, 0.15) is 11.5 Å². The van der Waals surface area contributed by atoms with E-state index in [0.29, 0.717) is 29.2 Å². The van der Waals surface area contributed by atoms with Crippen molar-refractivity contribution in [1.29, 1.82) is 0 Å². The van der Waals surface area contributed by atoms with Gasteiger partial charge in [0.15, 0.2) is 5.82 Å². The maximum Gasteiger partial charge on any atom is 0.330 e. The molecular formula is C37H39BrN6O4. The lowest BCUT2D eigenvalue weighted by Crippen LogP contribution is -2.52. The first-order valence-corrected chi connectivity index (χ1v) is 17.6. The summed E-state index contributed by atoms with van der Waals surface area (Å²) in [4.78, 5) is 40.0. The Labute approximate surface area is 287 Å². The number of carbonyl (C=O) groups excluding carboxylic acids is 2. The summed E-state index contributed by atoms with van der Waals surface area (Å²) in [7, 11) is 1.96. The molecule has 0 saturated heterocycles. The van der Waals surface area contributed by atoms with Crippen LogP contribution in [0.3, 0.4) is 0 Å². The lowest BCUT2D eigenvalue weighted by atomic mass is 9.75. The number of hydrogen-bond donors (Lipinski definition) is 2. The average molecular weight is 712 g/mol. The maximum absolute atomic E-state index is 13.9. The second kappa shape index (κ2) is 13.2. The fraction of sp³-hybridized carbons (Fsp3) is 0.378. The van der Waals surface area contributed by atoms with Gasteiger partial charge in [-0.1, -0.05) is 38.3 Å². The number of esters is 1. The predicted octanol–water partition coefficient (Wildman–Crippen LogP) is 7.81. The minimum absolute atomic E-state index is 0.223. The highest BCUT2D eigenvalue weighted by molar-refractivity contribution is 9.10. The van der Waals surface area contributed by atoms with Gasteiger partial charge in [-0.15, -0.1) is 0 Å². The highest BCUT2D eigenvalue weighted by atomic mass is 79.9. The van der Waals surface area contributed by atoms with Crippen LogP contribution in [0.4, 0.5) is 0 Å². The number of nitrogens with zero attached hydrogens (tertiary/aromatic N) is 5. The van der Waals surface area contributed by atoms with E-state index in [-0.39, 0.29) is 17.8 Å². The Balaban J connectivity index is 1.18. The molecule has 3 aromatic heterocycles. The molecule has 2 aromatic carbocycles. The number of imidazole rings is 1. The van der Waals surface area contributed by atoms with Gasteiger partial charge in [-0.25, -0.2) is 19.7 Å². The first-order chi connectivity index (χ1) is 23.3. The zero-order valence-electron chi connectivity index (χ0n) is 27.2. The normalized spacial score (nSPS) is 16.1. The van der Waals surface area contributed by atoms with Crippen molar-refractivity contribution in [3.05, 3.63) is 81.9 Å². The smallest absolute Gasteiger partial charge is 0.330 e. The standard InChI is InChI=1S/C37H39BrN6O4/c1-3-4-18-48-31(45)15-11-23-10-14-28-30(19-23)43(2)36(41-28)37(16-7-17-37)42-35(46)25-12-13-27-29(20-25)44(47)33(32(27)24-8-5-6-9-24)34-39-21-26(38)22-40-34/h10-15,19-22,24,47H,3-9,16-18H2,1-2H3,(H,42,46)/b15-11+. The van der Waals surface area contributed by atoms with E-state index in [4.69, 9.17) is 9.72 Å². The second-order valence-corrected chi connectivity index (χ2v) is 13.9. The topological polar surface area (TPSA) is 124 Å². The number of unbranched alkanes of at least 4 members (excludes halogenated alkanes) is 1. The Hall–Kier alpha value is -4.51. The molecule has 5 aromatic rings. The molecule has 7 rings (SSSR count). The Bertz CT molecular complexity index is 2040. The summed E-state index contributed by atoms with van der Waals surface area (Å²) in [6.07, 6.45) is 15.2. The van der Waals surface area contributed by atoms with Crippen LogP contribution in [0.5, 0.6) is 0 Å². The molecule has 2 saturated carbocycles. The van der Waals surface area contributed by atoms with Crippen LogP contribution in [0.2, 0.25) is 0 Å². The molecule has 3 heterocycles. The van der Waals surface area contributed by atoms with Gasteiger partial charge >= 0.3 is 5.97 Å². The van der Waals surface area contributed by atoms with Crippen LogP contribution in [0.1, 0.15) is 97.9 Å². The van der Waals surface area contributed by atoms with E-state index in [9.17, 15) is 14.8 Å². The molecule has 2 aliphatic rings. The van der Waals surface area contributed by atoms with Crippen LogP contribution in [0.15, 0.2) is 59.3 Å². The van der Waals surface area contributed by atoms with E-state index < -0.39 is 5.54 Å². The van der Waals surface area contributed by atoms with Crippen LogP contribution in [0.25, 0.3) is 39.5 Å². The molecule has 0 unspecified atom stereocenters. The number of carbonyl (C=O) groups is 2. The Morgan fingerprint density at radius 3 is 2.56 bits per heavy atom. The van der Waals surface area contributed by atoms with E-state index in [1.807, 2.05) is 41.9 Å². The summed E-state index contributed by atoms with van der Waals surface area (Å²) in [5, 5.41) is 15.8. The van der Waals surface area contributed by atoms with Gasteiger partial charge in [0, 0.05) is 36.5 Å². The van der Waals surface area contributed by atoms with Crippen molar-refractivity contribution in [2.24, 2.45) is 7.05 Å². The molecule has 0 aliphatic heterocycles. The monoisotopic (exact) mass is 710 g/mol. The van der Waals surface area contributed by atoms with Crippen LogP contribution in [0, 0.1) is 0 Å². The Morgan fingerprint density at radius 2 is 1.85 bits per heavy atom. The number of aryl methyl sites for hydroxylation is 1. The third-order valence-electron chi connectivity index (χ3n) is 9.89. The number of benzene rings is 2. The molecule has 2 aliphatic carbocycles. The number of aromatic nitrogens is 5. The molecule has 48 heavy (non-hydrogen) atoms. The lowest BCUT2D eigenvalue weighted by molar-refractivity contribution is -0.137. The largest absolute Gasteiger partial charge is 0.463 e. The minimum Gasteiger partial charge on any atom is -0.463 e. The summed E-state index contributed by atoms with van der Waals surface area (Å²) in [6.45, 7) is 2.47. The molecule has 248 valence electrons. The number of nitrogens with one attached hydrogen (secondary N) is 1. The Kier molecular flexibility index (Phi) is 8.80. The fourth-order valence-corrected chi connectivity index (χ4v) is 7.41. The summed E-state index contributed by atoms with van der Waals surface area (Å²) in [5.41, 5.74) is 4.61. The van der Waals surface area contributed by atoms with Crippen LogP contribution >= 0.6 is 15.9 Å². The Morgan fingerprint density at radius 1 is 1.08 bits per heavy atom. The second-order valence-electron chi connectivity index (χ2n) is 13.0. The van der Waals surface area contributed by atoms with Crippen LogP contribution in [-0.4, -0.2) is 47.9 Å². The van der Waals surface area contributed by atoms with Crippen molar-refractivity contribution in [2.75, 3.05) is 6.61 Å². The van der Waals surface area contributed by atoms with E-state index in [0.717, 1.165) is 100 Å². The van der Waals surface area contributed by atoms with Crippen molar-refractivity contribution in [1.82, 2.24) is 29.6 Å². The van der Waals surface area contributed by atoms with Gasteiger partial charge in [-0.3, -0.25) is 4.79 Å². The van der Waals surface area contributed by atoms with Gasteiger partial charge in [0.25, 0.3) is 5.91 Å². The average Bonchev–Trinajstić information content (AvgIpc) is 3.79. The number of rotatable bonds is 10. The number of fused-ring (bicyclic) bond motifs is 2. The summed E-state index contributed by atoms with van der Waals surface area (Å²) in [5.74, 6) is 0.949. The summed E-state index contributed by atoms with van der Waals surface area (Å²) < 4.78 is 9.19. The van der Waals surface area contributed by atoms with E-state index in [1.165, 1.54) is 6.08 Å². The molecule has 10 nitrogen and oxygen atoms in total. The molecule has 0 radical (unpaired) electrons. The molecular weight excluding hydrogens is 672 g/mol. The number of ether oxygens (including phenoxy) is 1. The quantitative estimate of drug-likeness (QED) is 0.0656. The van der Waals surface area contributed by atoms with Crippen molar-refractivity contribution < 1.29 is 19.5 Å². The molecule has 1 amide bonds. The minimum atomic E-state index is -0.620.